The van der Waals surface area contributed by atoms with Gasteiger partial charge in [-0.15, -0.1) is 0 Å². The summed E-state index contributed by atoms with van der Waals surface area (Å²) in [5.74, 6) is -2.20. The zero-order chi connectivity index (χ0) is 20.1. The number of rotatable bonds is 4. The Labute approximate surface area is 161 Å². The van der Waals surface area contributed by atoms with Crippen LogP contribution in [-0.2, 0) is 14.8 Å². The summed E-state index contributed by atoms with van der Waals surface area (Å²) in [4.78, 5) is 28.2. The average Bonchev–Trinajstić information content (AvgIpc) is 2.72. The van der Waals surface area contributed by atoms with Crippen molar-refractivity contribution < 1.29 is 22.4 Å². The van der Waals surface area contributed by atoms with Gasteiger partial charge in [-0.3, -0.25) is 25.4 Å². The zero-order valence-electron chi connectivity index (χ0n) is 14.8. The van der Waals surface area contributed by atoms with E-state index in [0.717, 1.165) is 12.1 Å². The van der Waals surface area contributed by atoms with Crippen LogP contribution in [-0.4, -0.2) is 42.6 Å². The van der Waals surface area contributed by atoms with Crippen molar-refractivity contribution in [3.8, 4) is 0 Å². The summed E-state index contributed by atoms with van der Waals surface area (Å²) in [6, 6.07) is 9.35. The molecule has 1 atom stereocenters. The van der Waals surface area contributed by atoms with Crippen LogP contribution in [0.4, 0.5) is 4.39 Å². The summed E-state index contributed by atoms with van der Waals surface area (Å²) in [6.45, 7) is 0.245. The lowest BCUT2D eigenvalue weighted by molar-refractivity contribution is -0.126. The van der Waals surface area contributed by atoms with Crippen LogP contribution >= 0.6 is 0 Å². The molecule has 8 nitrogen and oxygen atoms in total. The molecule has 1 fully saturated rings. The van der Waals surface area contributed by atoms with Gasteiger partial charge in [-0.05, 0) is 49.2 Å². The Bertz CT molecular complexity index is 951. The van der Waals surface area contributed by atoms with Gasteiger partial charge in [-0.1, -0.05) is 6.07 Å². The molecule has 1 aliphatic rings. The molecule has 1 aromatic carbocycles. The van der Waals surface area contributed by atoms with E-state index in [2.05, 4.69) is 15.8 Å². The number of carbonyl (C=O) groups is 2. The second-order valence-corrected chi connectivity index (χ2v) is 8.25. The van der Waals surface area contributed by atoms with Gasteiger partial charge in [0.05, 0.1) is 10.8 Å². The minimum atomic E-state index is -3.83. The molecule has 2 aromatic rings. The maximum Gasteiger partial charge on any atom is 0.288 e. The number of halogens is 1. The molecule has 1 aliphatic heterocycles. The van der Waals surface area contributed by atoms with E-state index in [1.165, 1.54) is 28.7 Å². The third-order valence-electron chi connectivity index (χ3n) is 4.40. The molecule has 148 valence electrons. The molecule has 3 rings (SSSR count). The van der Waals surface area contributed by atoms with Gasteiger partial charge in [0.15, 0.2) is 0 Å². The lowest BCUT2D eigenvalue weighted by Gasteiger charge is -2.31. The first-order valence-corrected chi connectivity index (χ1v) is 10.1. The van der Waals surface area contributed by atoms with Crippen LogP contribution in [0.1, 0.15) is 23.3 Å². The van der Waals surface area contributed by atoms with Gasteiger partial charge in [0.1, 0.15) is 11.5 Å². The van der Waals surface area contributed by atoms with Gasteiger partial charge in [0.25, 0.3) is 5.91 Å². The zero-order valence-corrected chi connectivity index (χ0v) is 15.7. The summed E-state index contributed by atoms with van der Waals surface area (Å²) in [7, 11) is -3.83. The van der Waals surface area contributed by atoms with Gasteiger partial charge in [-0.25, -0.2) is 12.8 Å². The van der Waals surface area contributed by atoms with Gasteiger partial charge < -0.3 is 0 Å². The first kappa shape index (κ1) is 19.9. The van der Waals surface area contributed by atoms with E-state index >= 15 is 0 Å². The second kappa shape index (κ2) is 8.44. The molecule has 2 N–H and O–H groups in total. The summed E-state index contributed by atoms with van der Waals surface area (Å²) >= 11 is 0. The smallest absolute Gasteiger partial charge is 0.273 e. The third kappa shape index (κ3) is 4.52. The van der Waals surface area contributed by atoms with Crippen molar-refractivity contribution in [1.82, 2.24) is 20.1 Å². The van der Waals surface area contributed by atoms with Crippen molar-refractivity contribution in [3.63, 3.8) is 0 Å². The van der Waals surface area contributed by atoms with Crippen molar-refractivity contribution in [2.45, 2.75) is 17.7 Å². The van der Waals surface area contributed by atoms with Gasteiger partial charge >= 0.3 is 0 Å². The SMILES string of the molecule is O=C(NNC(=O)[C@H]1CCCN(S(=O)(=O)c2ccc(F)cc2)C1)c1ccccn1. The summed E-state index contributed by atoms with van der Waals surface area (Å²) < 4.78 is 39.7. The van der Waals surface area contributed by atoms with Crippen LogP contribution in [0.5, 0.6) is 0 Å². The average molecular weight is 406 g/mol. The van der Waals surface area contributed by atoms with E-state index in [0.29, 0.717) is 12.8 Å². The molecular weight excluding hydrogens is 387 g/mol. The Balaban J connectivity index is 1.61. The van der Waals surface area contributed by atoms with E-state index in [1.54, 1.807) is 12.1 Å². The molecule has 1 aromatic heterocycles. The highest BCUT2D eigenvalue weighted by Crippen LogP contribution is 2.24. The summed E-state index contributed by atoms with van der Waals surface area (Å²) in [6.07, 6.45) is 2.43. The number of carbonyl (C=O) groups excluding carboxylic acids is 2. The highest BCUT2D eigenvalue weighted by atomic mass is 32.2. The lowest BCUT2D eigenvalue weighted by Crippen LogP contribution is -2.50. The van der Waals surface area contributed by atoms with E-state index in [-0.39, 0.29) is 23.7 Å². The van der Waals surface area contributed by atoms with Crippen LogP contribution in [0.3, 0.4) is 0 Å². The first-order chi connectivity index (χ1) is 13.4. The van der Waals surface area contributed by atoms with Crippen molar-refractivity contribution in [3.05, 3.63) is 60.2 Å². The monoisotopic (exact) mass is 406 g/mol. The number of benzene rings is 1. The largest absolute Gasteiger partial charge is 0.288 e. The number of hydrogen-bond donors (Lipinski definition) is 2. The van der Waals surface area contributed by atoms with Gasteiger partial charge in [0.2, 0.25) is 15.9 Å². The molecule has 0 radical (unpaired) electrons. The number of pyridine rings is 1. The normalized spacial score (nSPS) is 17.7. The fourth-order valence-electron chi connectivity index (χ4n) is 2.91. The van der Waals surface area contributed by atoms with Crippen LogP contribution in [0.15, 0.2) is 53.6 Å². The van der Waals surface area contributed by atoms with E-state index in [9.17, 15) is 22.4 Å². The second-order valence-electron chi connectivity index (χ2n) is 6.31. The predicted molar refractivity (Wildman–Crippen MR) is 97.7 cm³/mol. The Kier molecular flexibility index (Phi) is 6.00. The number of piperidine rings is 1. The number of nitrogens with zero attached hydrogens (tertiary/aromatic N) is 2. The number of aromatic nitrogens is 1. The molecular formula is C18H19FN4O4S. The van der Waals surface area contributed by atoms with Crippen molar-refractivity contribution in [2.24, 2.45) is 5.92 Å². The number of hydrogen-bond acceptors (Lipinski definition) is 5. The van der Waals surface area contributed by atoms with Crippen LogP contribution < -0.4 is 10.9 Å². The third-order valence-corrected chi connectivity index (χ3v) is 6.28. The predicted octanol–water partition coefficient (Wildman–Crippen LogP) is 1.08. The minimum absolute atomic E-state index is 0.0228. The van der Waals surface area contributed by atoms with Crippen LogP contribution in [0.25, 0.3) is 0 Å². The molecule has 0 bridgehead atoms. The highest BCUT2D eigenvalue weighted by molar-refractivity contribution is 7.89. The van der Waals surface area contributed by atoms with E-state index in [4.69, 9.17) is 0 Å². The Morgan fingerprint density at radius 3 is 2.54 bits per heavy atom. The van der Waals surface area contributed by atoms with Crippen LogP contribution in [0, 0.1) is 11.7 Å². The Morgan fingerprint density at radius 2 is 1.86 bits per heavy atom. The van der Waals surface area contributed by atoms with Crippen LogP contribution in [0.2, 0.25) is 0 Å². The molecule has 28 heavy (non-hydrogen) atoms. The van der Waals surface area contributed by atoms with Crippen molar-refractivity contribution in [2.75, 3.05) is 13.1 Å². The fraction of sp³-hybridized carbons (Fsp3) is 0.278. The lowest BCUT2D eigenvalue weighted by atomic mass is 9.99. The molecule has 2 amide bonds. The number of sulfonamides is 1. The first-order valence-electron chi connectivity index (χ1n) is 8.65. The van der Waals surface area contributed by atoms with Crippen molar-refractivity contribution >= 4 is 21.8 Å². The van der Waals surface area contributed by atoms with Crippen molar-refractivity contribution in [1.29, 1.82) is 0 Å². The fourth-order valence-corrected chi connectivity index (χ4v) is 4.44. The Hall–Kier alpha value is -2.85. The van der Waals surface area contributed by atoms with E-state index < -0.39 is 33.6 Å². The molecule has 2 heterocycles. The number of nitrogens with one attached hydrogen (secondary N) is 2. The minimum Gasteiger partial charge on any atom is -0.273 e. The standard InChI is InChI=1S/C18H19FN4O4S/c19-14-6-8-15(9-7-14)28(26,27)23-11-3-4-13(12-23)17(24)21-22-18(25)16-5-1-2-10-20-16/h1-2,5-10,13H,3-4,11-12H2,(H,21,24)(H,22,25)/t13-/m0/s1. The number of hydrazine groups is 1. The van der Waals surface area contributed by atoms with Gasteiger partial charge in [0, 0.05) is 19.3 Å². The molecule has 0 spiro atoms. The molecule has 10 heteroatoms. The topological polar surface area (TPSA) is 108 Å². The maximum absolute atomic E-state index is 13.1. The molecule has 1 saturated heterocycles. The summed E-state index contributed by atoms with van der Waals surface area (Å²) in [5, 5.41) is 0. The quantitative estimate of drug-likeness (QED) is 0.739. The number of amides is 2. The Morgan fingerprint density at radius 1 is 1.11 bits per heavy atom. The molecule has 0 saturated carbocycles. The molecule has 0 aliphatic carbocycles. The maximum atomic E-state index is 13.1. The van der Waals surface area contributed by atoms with E-state index in [1.807, 2.05) is 0 Å². The summed E-state index contributed by atoms with van der Waals surface area (Å²) in [5.41, 5.74) is 4.74. The van der Waals surface area contributed by atoms with Gasteiger partial charge in [-0.2, -0.15) is 4.31 Å². The highest BCUT2D eigenvalue weighted by Gasteiger charge is 2.33. The molecule has 0 unspecified atom stereocenters.